The third kappa shape index (κ3) is 3.94. The van der Waals surface area contributed by atoms with Crippen LogP contribution in [0.4, 0.5) is 4.39 Å². The highest BCUT2D eigenvalue weighted by Crippen LogP contribution is 2.38. The average Bonchev–Trinajstić information content (AvgIpc) is 2.93. The third-order valence-electron chi connectivity index (χ3n) is 5.18. The van der Waals surface area contributed by atoms with Gasteiger partial charge in [0, 0.05) is 19.5 Å². The van der Waals surface area contributed by atoms with Gasteiger partial charge in [-0.15, -0.1) is 0 Å². The summed E-state index contributed by atoms with van der Waals surface area (Å²) >= 11 is 0. The molecule has 0 aliphatic carbocycles. The van der Waals surface area contributed by atoms with Gasteiger partial charge in [0.25, 0.3) is 0 Å². The van der Waals surface area contributed by atoms with E-state index in [1.54, 1.807) is 11.0 Å². The summed E-state index contributed by atoms with van der Waals surface area (Å²) in [7, 11) is 0. The van der Waals surface area contributed by atoms with E-state index in [2.05, 4.69) is 0 Å². The minimum absolute atomic E-state index is 0.0114. The Kier molecular flexibility index (Phi) is 5.62. The molecule has 1 aromatic carbocycles. The lowest BCUT2D eigenvalue weighted by Crippen LogP contribution is -2.40. The van der Waals surface area contributed by atoms with Crippen LogP contribution in [0.1, 0.15) is 39.2 Å². The maximum Gasteiger partial charge on any atom is 0.311 e. The predicted octanol–water partition coefficient (Wildman–Crippen LogP) is 3.35. The summed E-state index contributed by atoms with van der Waals surface area (Å²) < 4.78 is 13.2. The number of carboxylic acids is 1. The zero-order valence-electron chi connectivity index (χ0n) is 14.6. The van der Waals surface area contributed by atoms with Crippen molar-refractivity contribution >= 4 is 11.9 Å². The number of halogens is 1. The van der Waals surface area contributed by atoms with Gasteiger partial charge in [-0.1, -0.05) is 32.9 Å². The highest BCUT2D eigenvalue weighted by molar-refractivity contribution is 5.81. The van der Waals surface area contributed by atoms with E-state index < -0.39 is 11.4 Å². The van der Waals surface area contributed by atoms with Gasteiger partial charge in [-0.3, -0.25) is 9.59 Å². The van der Waals surface area contributed by atoms with Gasteiger partial charge in [0.1, 0.15) is 5.82 Å². The lowest BCUT2D eigenvalue weighted by molar-refractivity contribution is -0.151. The van der Waals surface area contributed by atoms with Crippen LogP contribution >= 0.6 is 0 Å². The minimum atomic E-state index is -0.832. The van der Waals surface area contributed by atoms with Crippen LogP contribution < -0.4 is 0 Å². The number of carbonyl (C=O) groups excluding carboxylic acids is 1. The highest BCUT2D eigenvalue weighted by Gasteiger charge is 2.48. The van der Waals surface area contributed by atoms with Crippen LogP contribution in [0.25, 0.3) is 0 Å². The molecular formula is C19H26FNO3. The molecule has 132 valence electrons. The first-order chi connectivity index (χ1) is 11.2. The summed E-state index contributed by atoms with van der Waals surface area (Å²) in [6.07, 6.45) is 1.49. The van der Waals surface area contributed by atoms with Crippen LogP contribution in [0.3, 0.4) is 0 Å². The van der Waals surface area contributed by atoms with Crippen molar-refractivity contribution in [3.05, 3.63) is 35.6 Å². The first kappa shape index (κ1) is 18.4. The summed E-state index contributed by atoms with van der Waals surface area (Å²) in [6, 6.07) is 6.42. The van der Waals surface area contributed by atoms with Crippen molar-refractivity contribution in [2.24, 2.45) is 17.3 Å². The number of nitrogens with zero attached hydrogens (tertiary/aromatic N) is 1. The number of carbonyl (C=O) groups is 2. The Morgan fingerprint density at radius 2 is 2.04 bits per heavy atom. The molecule has 1 amide bonds. The number of likely N-dealkylation sites (tertiary alicyclic amines) is 1. The summed E-state index contributed by atoms with van der Waals surface area (Å²) in [4.78, 5) is 25.8. The van der Waals surface area contributed by atoms with Crippen LogP contribution in [-0.4, -0.2) is 35.0 Å². The Morgan fingerprint density at radius 3 is 2.58 bits per heavy atom. The Hall–Kier alpha value is -1.91. The SMILES string of the molecule is CC(CC(=O)N1CCC(C(=O)O)(C(C)C)C1)Cc1cccc(F)c1. The average molecular weight is 335 g/mol. The van der Waals surface area contributed by atoms with E-state index in [-0.39, 0.29) is 30.1 Å². The zero-order chi connectivity index (χ0) is 17.9. The molecule has 0 radical (unpaired) electrons. The van der Waals surface area contributed by atoms with E-state index in [4.69, 9.17) is 0 Å². The van der Waals surface area contributed by atoms with Gasteiger partial charge >= 0.3 is 5.97 Å². The van der Waals surface area contributed by atoms with Crippen LogP contribution in [0.15, 0.2) is 24.3 Å². The van der Waals surface area contributed by atoms with Crippen molar-refractivity contribution in [1.82, 2.24) is 4.90 Å². The molecule has 1 saturated heterocycles. The van der Waals surface area contributed by atoms with Crippen molar-refractivity contribution in [3.8, 4) is 0 Å². The number of hydrogen-bond donors (Lipinski definition) is 1. The molecule has 2 unspecified atom stereocenters. The third-order valence-corrected chi connectivity index (χ3v) is 5.18. The van der Waals surface area contributed by atoms with Crippen molar-refractivity contribution in [2.75, 3.05) is 13.1 Å². The Labute approximate surface area is 142 Å². The normalized spacial score (nSPS) is 22.0. The molecule has 5 heteroatoms. The molecule has 1 N–H and O–H groups in total. The second-order valence-electron chi connectivity index (χ2n) is 7.32. The Morgan fingerprint density at radius 1 is 1.33 bits per heavy atom. The molecule has 0 saturated carbocycles. The van der Waals surface area contributed by atoms with Gasteiger partial charge in [-0.25, -0.2) is 4.39 Å². The van der Waals surface area contributed by atoms with E-state index in [1.165, 1.54) is 12.1 Å². The van der Waals surface area contributed by atoms with E-state index in [9.17, 15) is 19.1 Å². The number of rotatable bonds is 6. The maximum absolute atomic E-state index is 13.2. The fourth-order valence-corrected chi connectivity index (χ4v) is 3.50. The fraction of sp³-hybridized carbons (Fsp3) is 0.579. The molecule has 1 heterocycles. The molecule has 1 fully saturated rings. The first-order valence-electron chi connectivity index (χ1n) is 8.50. The molecule has 1 aliphatic rings. The quantitative estimate of drug-likeness (QED) is 0.867. The monoisotopic (exact) mass is 335 g/mol. The number of carboxylic acid groups (broad SMARTS) is 1. The summed E-state index contributed by atoms with van der Waals surface area (Å²) in [5, 5.41) is 9.56. The molecule has 2 rings (SSSR count). The van der Waals surface area contributed by atoms with Gasteiger partial charge in [0.05, 0.1) is 5.41 Å². The number of hydrogen-bond acceptors (Lipinski definition) is 2. The van der Waals surface area contributed by atoms with Crippen LogP contribution in [0.5, 0.6) is 0 Å². The van der Waals surface area contributed by atoms with Crippen molar-refractivity contribution < 1.29 is 19.1 Å². The van der Waals surface area contributed by atoms with Gasteiger partial charge in [0.15, 0.2) is 0 Å². The van der Waals surface area contributed by atoms with Crippen molar-refractivity contribution in [1.29, 1.82) is 0 Å². The van der Waals surface area contributed by atoms with Crippen LogP contribution in [0, 0.1) is 23.1 Å². The molecule has 0 aromatic heterocycles. The number of aliphatic carboxylic acids is 1. The number of benzene rings is 1. The maximum atomic E-state index is 13.2. The largest absolute Gasteiger partial charge is 0.481 e. The lowest BCUT2D eigenvalue weighted by Gasteiger charge is -2.29. The molecule has 4 nitrogen and oxygen atoms in total. The second kappa shape index (κ2) is 7.32. The van der Waals surface area contributed by atoms with Gasteiger partial charge < -0.3 is 10.0 Å². The topological polar surface area (TPSA) is 57.6 Å². The van der Waals surface area contributed by atoms with Crippen LogP contribution in [0.2, 0.25) is 0 Å². The Balaban J connectivity index is 1.94. The smallest absolute Gasteiger partial charge is 0.311 e. The summed E-state index contributed by atoms with van der Waals surface area (Å²) in [6.45, 7) is 6.54. The lowest BCUT2D eigenvalue weighted by atomic mass is 9.76. The Bertz CT molecular complexity index is 616. The molecule has 1 aromatic rings. The van der Waals surface area contributed by atoms with Crippen molar-refractivity contribution in [3.63, 3.8) is 0 Å². The first-order valence-corrected chi connectivity index (χ1v) is 8.50. The molecular weight excluding hydrogens is 309 g/mol. The fourth-order valence-electron chi connectivity index (χ4n) is 3.50. The van der Waals surface area contributed by atoms with Crippen LogP contribution in [-0.2, 0) is 16.0 Å². The minimum Gasteiger partial charge on any atom is -0.481 e. The second-order valence-corrected chi connectivity index (χ2v) is 7.32. The molecule has 0 spiro atoms. The number of amides is 1. The van der Waals surface area contributed by atoms with Gasteiger partial charge in [-0.05, 0) is 42.4 Å². The van der Waals surface area contributed by atoms with Gasteiger partial charge in [-0.2, -0.15) is 0 Å². The predicted molar refractivity (Wildman–Crippen MR) is 90.0 cm³/mol. The van der Waals surface area contributed by atoms with E-state index in [0.29, 0.717) is 25.8 Å². The highest BCUT2D eigenvalue weighted by atomic mass is 19.1. The molecule has 24 heavy (non-hydrogen) atoms. The van der Waals surface area contributed by atoms with E-state index in [0.717, 1.165) is 5.56 Å². The summed E-state index contributed by atoms with van der Waals surface area (Å²) in [5.41, 5.74) is 0.0420. The summed E-state index contributed by atoms with van der Waals surface area (Å²) in [5.74, 6) is -1.03. The zero-order valence-corrected chi connectivity index (χ0v) is 14.6. The molecule has 0 bridgehead atoms. The molecule has 1 aliphatic heterocycles. The van der Waals surface area contributed by atoms with E-state index in [1.807, 2.05) is 26.8 Å². The van der Waals surface area contributed by atoms with E-state index >= 15 is 0 Å². The standard InChI is InChI=1S/C19H26FNO3/c1-13(2)19(18(23)24)7-8-21(12-19)17(22)10-14(3)9-15-5-4-6-16(20)11-15/h4-6,11,13-14H,7-10,12H2,1-3H3,(H,23,24). The van der Waals surface area contributed by atoms with Crippen molar-refractivity contribution in [2.45, 2.75) is 40.0 Å². The van der Waals surface area contributed by atoms with Gasteiger partial charge in [0.2, 0.25) is 5.91 Å². The molecule has 2 atom stereocenters.